The van der Waals surface area contributed by atoms with Gasteiger partial charge in [-0.05, 0) is 89.5 Å². The summed E-state index contributed by atoms with van der Waals surface area (Å²) in [7, 11) is 0. The van der Waals surface area contributed by atoms with Gasteiger partial charge < -0.3 is 19.7 Å². The van der Waals surface area contributed by atoms with Crippen LogP contribution in [0.15, 0.2) is 34.3 Å². The van der Waals surface area contributed by atoms with Crippen LogP contribution in [-0.2, 0) is 20.4 Å². The molecule has 0 spiro atoms. The van der Waals surface area contributed by atoms with Crippen molar-refractivity contribution >= 4 is 24.4 Å². The SMILES string of the molecule is CC(C)(C)C(=O)Oc1cc(C=N[C@@H]2CCCC[C@H]2N=Cc2cc(OC(=O)C(C)(C)C)cc(C(C)(C)C)c2O)c(O)c(C(C)(C)C)c1. The van der Waals surface area contributed by atoms with Gasteiger partial charge in [0, 0.05) is 34.7 Å². The Hall–Kier alpha value is -3.68. The van der Waals surface area contributed by atoms with Gasteiger partial charge in [-0.3, -0.25) is 19.6 Å². The molecule has 2 atom stereocenters. The number of hydrogen-bond donors (Lipinski definition) is 2. The summed E-state index contributed by atoms with van der Waals surface area (Å²) in [6.07, 6.45) is 6.92. The minimum Gasteiger partial charge on any atom is -0.507 e. The van der Waals surface area contributed by atoms with Crippen LogP contribution in [0.4, 0.5) is 0 Å². The number of ether oxygens (including phenoxy) is 2. The van der Waals surface area contributed by atoms with Crippen LogP contribution >= 0.6 is 0 Å². The van der Waals surface area contributed by atoms with Crippen molar-refractivity contribution < 1.29 is 29.3 Å². The van der Waals surface area contributed by atoms with E-state index in [1.165, 1.54) is 0 Å². The fraction of sp³-hybridized carbons (Fsp3) is 0.579. The summed E-state index contributed by atoms with van der Waals surface area (Å²) in [5.41, 5.74) is 0.0775. The highest BCUT2D eigenvalue weighted by Gasteiger charge is 2.29. The van der Waals surface area contributed by atoms with Crippen molar-refractivity contribution in [1.82, 2.24) is 0 Å². The summed E-state index contributed by atoms with van der Waals surface area (Å²) in [5, 5.41) is 22.5. The topological polar surface area (TPSA) is 118 Å². The lowest BCUT2D eigenvalue weighted by Gasteiger charge is -2.26. The Bertz CT molecular complexity index is 1380. The predicted octanol–water partition coefficient (Wildman–Crippen LogP) is 8.45. The van der Waals surface area contributed by atoms with E-state index in [2.05, 4.69) is 0 Å². The van der Waals surface area contributed by atoms with Crippen molar-refractivity contribution in [2.24, 2.45) is 20.8 Å². The van der Waals surface area contributed by atoms with Gasteiger partial charge >= 0.3 is 11.9 Å². The third-order valence-electron chi connectivity index (χ3n) is 7.99. The summed E-state index contributed by atoms with van der Waals surface area (Å²) >= 11 is 0. The summed E-state index contributed by atoms with van der Waals surface area (Å²) in [6.45, 7) is 22.7. The first-order valence-corrected chi connectivity index (χ1v) is 16.2. The Morgan fingerprint density at radius 3 is 1.24 bits per heavy atom. The molecule has 8 nitrogen and oxygen atoms in total. The molecule has 46 heavy (non-hydrogen) atoms. The zero-order valence-corrected chi connectivity index (χ0v) is 29.9. The lowest BCUT2D eigenvalue weighted by atomic mass is 9.85. The Labute approximate surface area is 275 Å². The quantitative estimate of drug-likeness (QED) is 0.187. The molecule has 0 heterocycles. The average molecular weight is 635 g/mol. The van der Waals surface area contributed by atoms with Crippen LogP contribution in [0.25, 0.3) is 0 Å². The molecule has 0 saturated heterocycles. The number of phenolic OH excluding ortho intramolecular Hbond substituents is 2. The van der Waals surface area contributed by atoms with E-state index in [9.17, 15) is 19.8 Å². The maximum absolute atomic E-state index is 12.7. The lowest BCUT2D eigenvalue weighted by molar-refractivity contribution is -0.143. The largest absolute Gasteiger partial charge is 0.507 e. The summed E-state index contributed by atoms with van der Waals surface area (Å²) in [4.78, 5) is 35.1. The Morgan fingerprint density at radius 1 is 0.630 bits per heavy atom. The van der Waals surface area contributed by atoms with Crippen LogP contribution in [0.5, 0.6) is 23.0 Å². The zero-order chi connectivity index (χ0) is 34.8. The van der Waals surface area contributed by atoms with Crippen LogP contribution in [0, 0.1) is 10.8 Å². The van der Waals surface area contributed by atoms with Gasteiger partial charge in [-0.1, -0.05) is 54.4 Å². The maximum atomic E-state index is 12.7. The van der Waals surface area contributed by atoms with E-state index in [1.54, 1.807) is 78.2 Å². The number of hydrogen-bond acceptors (Lipinski definition) is 8. The van der Waals surface area contributed by atoms with E-state index < -0.39 is 21.7 Å². The first kappa shape index (κ1) is 36.8. The second-order valence-corrected chi connectivity index (χ2v) is 16.6. The van der Waals surface area contributed by atoms with Crippen molar-refractivity contribution in [3.63, 3.8) is 0 Å². The van der Waals surface area contributed by atoms with Crippen molar-refractivity contribution in [3.8, 4) is 23.0 Å². The predicted molar refractivity (Wildman–Crippen MR) is 185 cm³/mol. The van der Waals surface area contributed by atoms with E-state index in [4.69, 9.17) is 19.5 Å². The molecule has 2 aromatic rings. The summed E-state index contributed by atoms with van der Waals surface area (Å²) in [6, 6.07) is 6.42. The van der Waals surface area contributed by atoms with Crippen molar-refractivity contribution in [2.45, 2.75) is 132 Å². The molecule has 1 aliphatic carbocycles. The van der Waals surface area contributed by atoms with E-state index in [0.717, 1.165) is 25.7 Å². The normalized spacial score (nSPS) is 18.3. The van der Waals surface area contributed by atoms with Gasteiger partial charge in [-0.15, -0.1) is 0 Å². The van der Waals surface area contributed by atoms with Crippen LogP contribution < -0.4 is 9.47 Å². The van der Waals surface area contributed by atoms with Gasteiger partial charge in [0.15, 0.2) is 0 Å². The van der Waals surface area contributed by atoms with E-state index in [-0.39, 0.29) is 35.5 Å². The van der Waals surface area contributed by atoms with Gasteiger partial charge in [-0.25, -0.2) is 0 Å². The van der Waals surface area contributed by atoms with Crippen LogP contribution in [0.3, 0.4) is 0 Å². The van der Waals surface area contributed by atoms with Crippen LogP contribution in [0.2, 0.25) is 0 Å². The van der Waals surface area contributed by atoms with Gasteiger partial charge in [0.2, 0.25) is 0 Å². The van der Waals surface area contributed by atoms with Gasteiger partial charge in [0.1, 0.15) is 23.0 Å². The molecule has 2 N–H and O–H groups in total. The molecule has 0 aromatic heterocycles. The van der Waals surface area contributed by atoms with Crippen LogP contribution in [0.1, 0.15) is 131 Å². The molecule has 3 rings (SSSR count). The van der Waals surface area contributed by atoms with Gasteiger partial charge in [0.25, 0.3) is 0 Å². The molecule has 1 saturated carbocycles. The van der Waals surface area contributed by atoms with Crippen molar-refractivity contribution in [2.75, 3.05) is 0 Å². The number of rotatable bonds is 6. The fourth-order valence-electron chi connectivity index (χ4n) is 5.03. The second-order valence-electron chi connectivity index (χ2n) is 16.6. The molecule has 1 aliphatic rings. The van der Waals surface area contributed by atoms with Crippen LogP contribution in [-0.4, -0.2) is 46.7 Å². The number of nitrogens with zero attached hydrogens (tertiary/aromatic N) is 2. The van der Waals surface area contributed by atoms with Crippen molar-refractivity contribution in [1.29, 1.82) is 0 Å². The lowest BCUT2D eigenvalue weighted by Crippen LogP contribution is -2.27. The number of carbonyl (C=O) groups excluding carboxylic acids is 2. The molecule has 8 heteroatoms. The first-order valence-electron chi connectivity index (χ1n) is 16.2. The number of phenols is 2. The molecule has 0 bridgehead atoms. The average Bonchev–Trinajstić information content (AvgIpc) is 2.91. The number of benzene rings is 2. The Balaban J connectivity index is 1.98. The number of carbonyl (C=O) groups is 2. The third kappa shape index (κ3) is 9.43. The molecule has 0 amide bonds. The van der Waals surface area contributed by atoms with E-state index in [1.807, 2.05) is 41.5 Å². The Kier molecular flexibility index (Phi) is 10.9. The molecule has 1 fully saturated rings. The molecular formula is C38H54N2O6. The summed E-state index contributed by atoms with van der Waals surface area (Å²) < 4.78 is 11.4. The molecular weight excluding hydrogens is 580 g/mol. The Morgan fingerprint density at radius 2 is 0.957 bits per heavy atom. The summed E-state index contributed by atoms with van der Waals surface area (Å²) in [5.74, 6) is 0.197. The standard InChI is InChI=1S/C38H54N2O6/c1-35(2,3)27-19-25(45-33(43)37(7,8)9)17-23(31(27)41)21-39-29-15-13-14-16-30(29)40-22-24-18-26(46-34(44)38(10,11)12)20-28(32(24)42)36(4,5)6/h17-22,29-30,41-42H,13-16H2,1-12H3/t29-,30-/m1/s1. The van der Waals surface area contributed by atoms with E-state index in [0.29, 0.717) is 33.8 Å². The third-order valence-corrected chi connectivity index (χ3v) is 7.99. The molecule has 0 unspecified atom stereocenters. The first-order chi connectivity index (χ1) is 21.0. The zero-order valence-electron chi connectivity index (χ0n) is 29.9. The maximum Gasteiger partial charge on any atom is 0.316 e. The van der Waals surface area contributed by atoms with Crippen molar-refractivity contribution in [3.05, 3.63) is 46.5 Å². The fourth-order valence-corrected chi connectivity index (χ4v) is 5.03. The minimum atomic E-state index is -0.683. The minimum absolute atomic E-state index is 0.101. The van der Waals surface area contributed by atoms with E-state index >= 15 is 0 Å². The number of aromatic hydroxyl groups is 2. The monoisotopic (exact) mass is 634 g/mol. The smallest absolute Gasteiger partial charge is 0.316 e. The molecule has 2 aromatic carbocycles. The molecule has 0 radical (unpaired) electrons. The molecule has 0 aliphatic heterocycles. The molecule has 252 valence electrons. The highest BCUT2D eigenvalue weighted by atomic mass is 16.5. The second kappa shape index (κ2) is 13.6. The van der Waals surface area contributed by atoms with Gasteiger partial charge in [0.05, 0.1) is 22.9 Å². The number of esters is 2. The number of aliphatic imine (C=N–C) groups is 2. The highest BCUT2D eigenvalue weighted by Crippen LogP contribution is 2.39. The van der Waals surface area contributed by atoms with Gasteiger partial charge in [-0.2, -0.15) is 0 Å². The highest BCUT2D eigenvalue weighted by molar-refractivity contribution is 5.87.